The lowest BCUT2D eigenvalue weighted by atomic mass is 10.3. The van der Waals surface area contributed by atoms with Crippen LogP contribution in [-0.4, -0.2) is 25.2 Å². The molecule has 0 aliphatic rings. The maximum Gasteiger partial charge on any atom is 0.326 e. The van der Waals surface area contributed by atoms with Gasteiger partial charge in [0.2, 0.25) is 0 Å². The minimum atomic E-state index is -0.612. The number of carbonyl (C=O) groups excluding carboxylic acids is 2. The van der Waals surface area contributed by atoms with Crippen LogP contribution in [0.1, 0.15) is 12.8 Å². The molecule has 8 N–H and O–H groups in total. The van der Waals surface area contributed by atoms with Gasteiger partial charge in [0.1, 0.15) is 0 Å². The zero-order valence-corrected chi connectivity index (χ0v) is 7.80. The van der Waals surface area contributed by atoms with Crippen molar-refractivity contribution in [3.8, 4) is 0 Å². The lowest BCUT2D eigenvalue weighted by Crippen LogP contribution is -2.42. The van der Waals surface area contributed by atoms with E-state index in [0.29, 0.717) is 13.1 Å². The third-order valence-electron chi connectivity index (χ3n) is 1.28. The minimum absolute atomic E-state index is 0.612. The first-order valence-corrected chi connectivity index (χ1v) is 4.19. The number of primary amides is 2. The average molecular weight is 204 g/mol. The predicted molar refractivity (Wildman–Crippen MR) is 50.7 cm³/mol. The van der Waals surface area contributed by atoms with Gasteiger partial charge in [-0.3, -0.25) is 10.9 Å². The number of nitrogens with one attached hydrogen (secondary N) is 4. The zero-order chi connectivity index (χ0) is 10.8. The molecule has 0 aliphatic carbocycles. The van der Waals surface area contributed by atoms with Gasteiger partial charge in [0, 0.05) is 13.1 Å². The smallest absolute Gasteiger partial charge is 0.326 e. The highest BCUT2D eigenvalue weighted by Crippen LogP contribution is 1.81. The maximum atomic E-state index is 10.2. The number of hydrazine groups is 2. The highest BCUT2D eigenvalue weighted by molar-refractivity contribution is 5.71. The van der Waals surface area contributed by atoms with Crippen molar-refractivity contribution in [2.24, 2.45) is 11.5 Å². The second-order valence-electron chi connectivity index (χ2n) is 2.54. The number of carbonyl (C=O) groups is 2. The van der Waals surface area contributed by atoms with Crippen LogP contribution in [0.5, 0.6) is 0 Å². The first-order valence-electron chi connectivity index (χ1n) is 4.19. The molecule has 0 saturated heterocycles. The van der Waals surface area contributed by atoms with Crippen molar-refractivity contribution >= 4 is 12.1 Å². The normalized spacial score (nSPS) is 9.43. The van der Waals surface area contributed by atoms with Crippen LogP contribution in [0.4, 0.5) is 9.59 Å². The summed E-state index contributed by atoms with van der Waals surface area (Å²) in [6.45, 7) is 1.22. The van der Waals surface area contributed by atoms with E-state index in [4.69, 9.17) is 11.5 Å². The zero-order valence-electron chi connectivity index (χ0n) is 7.80. The Labute approximate surface area is 81.7 Å². The summed E-state index contributed by atoms with van der Waals surface area (Å²) in [6, 6.07) is -1.22. The molecule has 0 rings (SSSR count). The van der Waals surface area contributed by atoms with E-state index in [1.54, 1.807) is 0 Å². The van der Waals surface area contributed by atoms with Gasteiger partial charge in [-0.2, -0.15) is 0 Å². The predicted octanol–water partition coefficient (Wildman–Crippen LogP) is -1.89. The standard InChI is InChI=1S/C6H16N6O2/c7-5(13)11-9-3-1-2-4-10-12-6(8)14/h9-10H,1-4H2,(H3,7,11,13)(H3,8,12,14). The van der Waals surface area contributed by atoms with Gasteiger partial charge in [-0.15, -0.1) is 0 Å². The van der Waals surface area contributed by atoms with Crippen LogP contribution in [0.15, 0.2) is 0 Å². The van der Waals surface area contributed by atoms with Crippen molar-refractivity contribution in [3.05, 3.63) is 0 Å². The van der Waals surface area contributed by atoms with Gasteiger partial charge < -0.3 is 11.5 Å². The minimum Gasteiger partial charge on any atom is -0.351 e. The second-order valence-corrected chi connectivity index (χ2v) is 2.54. The molecule has 82 valence electrons. The number of hydrogen-bond donors (Lipinski definition) is 6. The third kappa shape index (κ3) is 10.5. The summed E-state index contributed by atoms with van der Waals surface area (Å²) in [4.78, 5) is 20.4. The van der Waals surface area contributed by atoms with Crippen LogP contribution in [0.25, 0.3) is 0 Å². The van der Waals surface area contributed by atoms with Gasteiger partial charge in [0.15, 0.2) is 0 Å². The number of nitrogens with two attached hydrogens (primary N) is 2. The molecule has 0 bridgehead atoms. The van der Waals surface area contributed by atoms with Crippen LogP contribution in [0, 0.1) is 0 Å². The monoisotopic (exact) mass is 204 g/mol. The van der Waals surface area contributed by atoms with Crippen LogP contribution in [0.3, 0.4) is 0 Å². The molecular formula is C6H16N6O2. The first-order chi connectivity index (χ1) is 6.63. The number of rotatable bonds is 7. The van der Waals surface area contributed by atoms with Crippen LogP contribution in [-0.2, 0) is 0 Å². The molecule has 0 fully saturated rings. The van der Waals surface area contributed by atoms with E-state index in [1.165, 1.54) is 0 Å². The van der Waals surface area contributed by atoms with E-state index in [0.717, 1.165) is 12.8 Å². The van der Waals surface area contributed by atoms with Gasteiger partial charge in [-0.05, 0) is 12.8 Å². The summed E-state index contributed by atoms with van der Waals surface area (Å²) >= 11 is 0. The quantitative estimate of drug-likeness (QED) is 0.213. The van der Waals surface area contributed by atoms with E-state index < -0.39 is 12.1 Å². The molecule has 0 radical (unpaired) electrons. The number of unbranched alkanes of at least 4 members (excludes halogenated alkanes) is 1. The summed E-state index contributed by atoms with van der Waals surface area (Å²) in [5.41, 5.74) is 19.3. The van der Waals surface area contributed by atoms with E-state index in [1.807, 2.05) is 0 Å². The molecular weight excluding hydrogens is 188 g/mol. The number of amides is 4. The van der Waals surface area contributed by atoms with Crippen LogP contribution < -0.4 is 33.2 Å². The van der Waals surface area contributed by atoms with E-state index in [-0.39, 0.29) is 0 Å². The molecule has 14 heavy (non-hydrogen) atoms. The highest BCUT2D eigenvalue weighted by Gasteiger charge is 1.91. The molecule has 0 atom stereocenters. The molecule has 0 aromatic heterocycles. The first kappa shape index (κ1) is 12.5. The fourth-order valence-electron chi connectivity index (χ4n) is 0.726. The third-order valence-corrected chi connectivity index (χ3v) is 1.28. The van der Waals surface area contributed by atoms with Crippen molar-refractivity contribution < 1.29 is 9.59 Å². The summed E-state index contributed by atoms with van der Waals surface area (Å²) in [7, 11) is 0. The molecule has 0 aliphatic heterocycles. The van der Waals surface area contributed by atoms with Crippen molar-refractivity contribution in [2.75, 3.05) is 13.1 Å². The number of urea groups is 2. The molecule has 4 amide bonds. The van der Waals surface area contributed by atoms with Crippen molar-refractivity contribution in [3.63, 3.8) is 0 Å². The molecule has 8 nitrogen and oxygen atoms in total. The molecule has 0 spiro atoms. The molecule has 0 unspecified atom stereocenters. The van der Waals surface area contributed by atoms with Gasteiger partial charge >= 0.3 is 12.1 Å². The van der Waals surface area contributed by atoms with Crippen LogP contribution in [0.2, 0.25) is 0 Å². The van der Waals surface area contributed by atoms with Crippen molar-refractivity contribution in [2.45, 2.75) is 12.8 Å². The van der Waals surface area contributed by atoms with Crippen LogP contribution >= 0.6 is 0 Å². The number of hydrogen-bond acceptors (Lipinski definition) is 4. The average Bonchev–Trinajstić information content (AvgIpc) is 2.08. The van der Waals surface area contributed by atoms with E-state index >= 15 is 0 Å². The molecule has 8 heteroatoms. The summed E-state index contributed by atoms with van der Waals surface area (Å²) in [5.74, 6) is 0. The summed E-state index contributed by atoms with van der Waals surface area (Å²) in [6.07, 6.45) is 1.65. The Balaban J connectivity index is 2.99. The molecule has 0 aromatic rings. The summed E-state index contributed by atoms with van der Waals surface area (Å²) < 4.78 is 0. The Morgan fingerprint density at radius 3 is 1.50 bits per heavy atom. The van der Waals surface area contributed by atoms with Crippen molar-refractivity contribution in [1.29, 1.82) is 0 Å². The Morgan fingerprint density at radius 1 is 0.857 bits per heavy atom. The van der Waals surface area contributed by atoms with Gasteiger partial charge in [0.25, 0.3) is 0 Å². The summed E-state index contributed by atoms with van der Waals surface area (Å²) in [5, 5.41) is 0. The van der Waals surface area contributed by atoms with Crippen molar-refractivity contribution in [1.82, 2.24) is 21.7 Å². The Kier molecular flexibility index (Phi) is 7.19. The van der Waals surface area contributed by atoms with Gasteiger partial charge in [-0.25, -0.2) is 20.4 Å². The Morgan fingerprint density at radius 2 is 1.21 bits per heavy atom. The Bertz CT molecular complexity index is 165. The largest absolute Gasteiger partial charge is 0.351 e. The fourth-order valence-corrected chi connectivity index (χ4v) is 0.726. The Hall–Kier alpha value is -1.54. The lowest BCUT2D eigenvalue weighted by molar-refractivity contribution is 0.243. The molecule has 0 saturated carbocycles. The maximum absolute atomic E-state index is 10.2. The fraction of sp³-hybridized carbons (Fsp3) is 0.667. The van der Waals surface area contributed by atoms with E-state index in [2.05, 4.69) is 21.7 Å². The molecule has 0 heterocycles. The van der Waals surface area contributed by atoms with E-state index in [9.17, 15) is 9.59 Å². The molecule has 0 aromatic carbocycles. The SMILES string of the molecule is NC(=O)NNCCCCNNC(N)=O. The highest BCUT2D eigenvalue weighted by atomic mass is 16.2. The lowest BCUT2D eigenvalue weighted by Gasteiger charge is -2.05. The topological polar surface area (TPSA) is 134 Å². The second kappa shape index (κ2) is 8.08. The van der Waals surface area contributed by atoms with Gasteiger partial charge in [-0.1, -0.05) is 0 Å². The van der Waals surface area contributed by atoms with Gasteiger partial charge in [0.05, 0.1) is 0 Å².